The topological polar surface area (TPSA) is 43.7 Å². The first-order valence-electron chi connectivity index (χ1n) is 6.98. The highest BCUT2D eigenvalue weighted by molar-refractivity contribution is 5.55. The molecule has 4 heteroatoms. The Hall–Kier alpha value is -1.13. The highest BCUT2D eigenvalue weighted by atomic mass is 19.1. The van der Waals surface area contributed by atoms with Gasteiger partial charge in [-0.25, -0.2) is 4.39 Å². The summed E-state index contributed by atoms with van der Waals surface area (Å²) >= 11 is 0. The summed E-state index contributed by atoms with van der Waals surface area (Å²) in [6, 6.07) is 4.90. The first-order chi connectivity index (χ1) is 9.13. The summed E-state index contributed by atoms with van der Waals surface area (Å²) in [7, 11) is 0. The number of benzene rings is 1. The second-order valence-corrected chi connectivity index (χ2v) is 5.23. The van der Waals surface area contributed by atoms with E-state index in [2.05, 4.69) is 4.90 Å². The van der Waals surface area contributed by atoms with Gasteiger partial charge < -0.3 is 15.1 Å². The maximum absolute atomic E-state index is 13.4. The Bertz CT molecular complexity index is 417. The fraction of sp³-hybridized carbons (Fsp3) is 0.600. The Kier molecular flexibility index (Phi) is 4.77. The lowest BCUT2D eigenvalue weighted by molar-refractivity contribution is 0.198. The van der Waals surface area contributed by atoms with Crippen molar-refractivity contribution in [2.24, 2.45) is 0 Å². The van der Waals surface area contributed by atoms with Crippen molar-refractivity contribution in [2.45, 2.75) is 44.8 Å². The van der Waals surface area contributed by atoms with Gasteiger partial charge in [-0.05, 0) is 38.0 Å². The van der Waals surface area contributed by atoms with Gasteiger partial charge in [0.2, 0.25) is 0 Å². The molecule has 1 aliphatic carbocycles. The zero-order valence-corrected chi connectivity index (χ0v) is 11.3. The standard InChI is InChI=1S/C15H22FNO2/c1-11(19)14-10-12(16)6-7-15(14)17(8-9-18)13-4-2-3-5-13/h6-7,10-11,13,18-19H,2-5,8-9H2,1H3. The van der Waals surface area contributed by atoms with Gasteiger partial charge in [-0.2, -0.15) is 0 Å². The van der Waals surface area contributed by atoms with Crippen LogP contribution in [0.2, 0.25) is 0 Å². The lowest BCUT2D eigenvalue weighted by Crippen LogP contribution is -2.36. The van der Waals surface area contributed by atoms with Crippen molar-refractivity contribution in [2.75, 3.05) is 18.1 Å². The highest BCUT2D eigenvalue weighted by Crippen LogP contribution is 2.33. The Labute approximate surface area is 113 Å². The molecule has 3 nitrogen and oxygen atoms in total. The van der Waals surface area contributed by atoms with Crippen molar-refractivity contribution >= 4 is 5.69 Å². The van der Waals surface area contributed by atoms with E-state index in [9.17, 15) is 14.6 Å². The molecule has 19 heavy (non-hydrogen) atoms. The number of hydrogen-bond donors (Lipinski definition) is 2. The molecule has 0 aliphatic heterocycles. The molecule has 0 saturated heterocycles. The van der Waals surface area contributed by atoms with Gasteiger partial charge in [0.15, 0.2) is 0 Å². The molecule has 0 spiro atoms. The number of aliphatic hydroxyl groups is 2. The molecule has 106 valence electrons. The van der Waals surface area contributed by atoms with Crippen LogP contribution in [-0.2, 0) is 0 Å². The van der Waals surface area contributed by atoms with E-state index < -0.39 is 6.10 Å². The van der Waals surface area contributed by atoms with Crippen molar-refractivity contribution in [1.82, 2.24) is 0 Å². The molecular weight excluding hydrogens is 245 g/mol. The lowest BCUT2D eigenvalue weighted by atomic mass is 10.0. The summed E-state index contributed by atoms with van der Waals surface area (Å²) in [4.78, 5) is 2.12. The molecule has 2 N–H and O–H groups in total. The van der Waals surface area contributed by atoms with Crippen LogP contribution in [0.15, 0.2) is 18.2 Å². The van der Waals surface area contributed by atoms with Gasteiger partial charge in [-0.1, -0.05) is 12.8 Å². The Morgan fingerprint density at radius 2 is 2.05 bits per heavy atom. The Morgan fingerprint density at radius 3 is 2.63 bits per heavy atom. The number of nitrogens with zero attached hydrogens (tertiary/aromatic N) is 1. The fourth-order valence-electron chi connectivity index (χ4n) is 2.94. The van der Waals surface area contributed by atoms with Gasteiger partial charge in [-0.3, -0.25) is 0 Å². The van der Waals surface area contributed by atoms with E-state index in [4.69, 9.17) is 0 Å². The summed E-state index contributed by atoms with van der Waals surface area (Å²) in [5.74, 6) is -0.338. The quantitative estimate of drug-likeness (QED) is 0.862. The molecule has 0 aromatic heterocycles. The fourth-order valence-corrected chi connectivity index (χ4v) is 2.94. The SMILES string of the molecule is CC(O)c1cc(F)ccc1N(CCO)C1CCCC1. The van der Waals surface area contributed by atoms with E-state index in [0.717, 1.165) is 18.5 Å². The second-order valence-electron chi connectivity index (χ2n) is 5.23. The van der Waals surface area contributed by atoms with Gasteiger partial charge in [0.05, 0.1) is 12.7 Å². The summed E-state index contributed by atoms with van der Waals surface area (Å²) in [6.45, 7) is 2.23. The predicted octanol–water partition coefficient (Wildman–Crippen LogP) is 2.62. The predicted molar refractivity (Wildman–Crippen MR) is 73.7 cm³/mol. The molecule has 0 radical (unpaired) electrons. The van der Waals surface area contributed by atoms with Crippen LogP contribution in [0.5, 0.6) is 0 Å². The summed E-state index contributed by atoms with van der Waals surface area (Å²) in [5, 5.41) is 19.1. The van der Waals surface area contributed by atoms with Gasteiger partial charge in [0, 0.05) is 23.8 Å². The molecule has 0 amide bonds. The van der Waals surface area contributed by atoms with Crippen LogP contribution in [0.4, 0.5) is 10.1 Å². The van der Waals surface area contributed by atoms with Crippen molar-refractivity contribution in [1.29, 1.82) is 0 Å². The summed E-state index contributed by atoms with van der Waals surface area (Å²) in [5.41, 5.74) is 1.44. The van der Waals surface area contributed by atoms with Gasteiger partial charge in [-0.15, -0.1) is 0 Å². The van der Waals surface area contributed by atoms with Gasteiger partial charge in [0.1, 0.15) is 5.82 Å². The first-order valence-corrected chi connectivity index (χ1v) is 6.98. The number of halogens is 1. The number of aliphatic hydroxyl groups excluding tert-OH is 2. The maximum atomic E-state index is 13.4. The van der Waals surface area contributed by atoms with E-state index in [1.165, 1.54) is 25.0 Å². The zero-order valence-electron chi connectivity index (χ0n) is 11.3. The maximum Gasteiger partial charge on any atom is 0.123 e. The third-order valence-electron chi connectivity index (χ3n) is 3.86. The van der Waals surface area contributed by atoms with Gasteiger partial charge in [0.25, 0.3) is 0 Å². The number of anilines is 1. The van der Waals surface area contributed by atoms with Crippen LogP contribution in [-0.4, -0.2) is 29.4 Å². The van der Waals surface area contributed by atoms with Crippen molar-refractivity contribution in [3.05, 3.63) is 29.6 Å². The van der Waals surface area contributed by atoms with E-state index in [1.54, 1.807) is 13.0 Å². The number of rotatable bonds is 5. The molecule has 1 fully saturated rings. The van der Waals surface area contributed by atoms with E-state index in [-0.39, 0.29) is 12.4 Å². The van der Waals surface area contributed by atoms with E-state index >= 15 is 0 Å². The van der Waals surface area contributed by atoms with E-state index in [1.807, 2.05) is 0 Å². The largest absolute Gasteiger partial charge is 0.395 e. The first kappa shape index (κ1) is 14.3. The van der Waals surface area contributed by atoms with Gasteiger partial charge >= 0.3 is 0 Å². The van der Waals surface area contributed by atoms with Crippen LogP contribution in [0.1, 0.15) is 44.3 Å². The second kappa shape index (κ2) is 6.35. The minimum Gasteiger partial charge on any atom is -0.395 e. The highest BCUT2D eigenvalue weighted by Gasteiger charge is 2.25. The monoisotopic (exact) mass is 267 g/mol. The van der Waals surface area contributed by atoms with Crippen LogP contribution in [0.3, 0.4) is 0 Å². The van der Waals surface area contributed by atoms with E-state index in [0.29, 0.717) is 18.2 Å². The van der Waals surface area contributed by atoms with Crippen molar-refractivity contribution < 1.29 is 14.6 Å². The Morgan fingerprint density at radius 1 is 1.37 bits per heavy atom. The number of hydrogen-bond acceptors (Lipinski definition) is 3. The molecule has 0 bridgehead atoms. The normalized spacial score (nSPS) is 17.7. The van der Waals surface area contributed by atoms with Crippen LogP contribution < -0.4 is 4.90 Å². The molecule has 1 saturated carbocycles. The third-order valence-corrected chi connectivity index (χ3v) is 3.86. The lowest BCUT2D eigenvalue weighted by Gasteiger charge is -2.33. The molecule has 1 aliphatic rings. The zero-order chi connectivity index (χ0) is 13.8. The molecule has 1 aromatic carbocycles. The van der Waals surface area contributed by atoms with Crippen molar-refractivity contribution in [3.63, 3.8) is 0 Å². The summed E-state index contributed by atoms with van der Waals surface area (Å²) in [6.07, 6.45) is 3.86. The molecule has 1 atom stereocenters. The molecule has 2 rings (SSSR count). The average Bonchev–Trinajstić information content (AvgIpc) is 2.90. The average molecular weight is 267 g/mol. The molecule has 1 aromatic rings. The van der Waals surface area contributed by atoms with Crippen LogP contribution in [0, 0.1) is 5.82 Å². The molecular formula is C15H22FNO2. The molecule has 1 unspecified atom stereocenters. The molecule has 0 heterocycles. The minimum absolute atomic E-state index is 0.0626. The van der Waals surface area contributed by atoms with Crippen LogP contribution in [0.25, 0.3) is 0 Å². The van der Waals surface area contributed by atoms with Crippen LogP contribution >= 0.6 is 0 Å². The minimum atomic E-state index is -0.715. The summed E-state index contributed by atoms with van der Waals surface area (Å²) < 4.78 is 13.4. The van der Waals surface area contributed by atoms with Crippen molar-refractivity contribution in [3.8, 4) is 0 Å². The third kappa shape index (κ3) is 3.25. The smallest absolute Gasteiger partial charge is 0.123 e. The Balaban J connectivity index is 2.34.